The van der Waals surface area contributed by atoms with E-state index < -0.39 is 18.1 Å². The van der Waals surface area contributed by atoms with Crippen LogP contribution in [0, 0.1) is 6.92 Å². The Kier molecular flexibility index (Phi) is 3.22. The van der Waals surface area contributed by atoms with Gasteiger partial charge in [-0.2, -0.15) is 0 Å². The second kappa shape index (κ2) is 4.21. The van der Waals surface area contributed by atoms with Crippen molar-refractivity contribution in [3.63, 3.8) is 0 Å². The van der Waals surface area contributed by atoms with Crippen molar-refractivity contribution in [2.24, 2.45) is 5.73 Å². The van der Waals surface area contributed by atoms with Gasteiger partial charge in [0.1, 0.15) is 12.1 Å². The quantitative estimate of drug-likeness (QED) is 0.653. The number of hydrogen-bond acceptors (Lipinski definition) is 3. The molecule has 4 N–H and O–H groups in total. The van der Waals surface area contributed by atoms with E-state index in [1.807, 2.05) is 6.92 Å². The first-order chi connectivity index (χ1) is 6.52. The van der Waals surface area contributed by atoms with E-state index in [9.17, 15) is 9.90 Å². The molecule has 0 bridgehead atoms. The van der Waals surface area contributed by atoms with E-state index >= 15 is 0 Å². The van der Waals surface area contributed by atoms with Gasteiger partial charge < -0.3 is 15.9 Å². The van der Waals surface area contributed by atoms with Gasteiger partial charge in [0.15, 0.2) is 0 Å². The Labute approximate surface area is 82.0 Å². The molecule has 1 aromatic carbocycles. The molecule has 4 nitrogen and oxygen atoms in total. The highest BCUT2D eigenvalue weighted by atomic mass is 16.4. The van der Waals surface area contributed by atoms with Crippen molar-refractivity contribution in [1.82, 2.24) is 0 Å². The maximum atomic E-state index is 10.5. The highest BCUT2D eigenvalue weighted by Gasteiger charge is 2.22. The van der Waals surface area contributed by atoms with Crippen LogP contribution in [0.5, 0.6) is 0 Å². The van der Waals surface area contributed by atoms with Gasteiger partial charge in [0.2, 0.25) is 0 Å². The minimum atomic E-state index is -1.28. The van der Waals surface area contributed by atoms with Gasteiger partial charge in [0.05, 0.1) is 0 Å². The molecule has 0 aliphatic carbocycles. The van der Waals surface area contributed by atoms with Crippen molar-refractivity contribution < 1.29 is 15.0 Å². The van der Waals surface area contributed by atoms with Crippen LogP contribution in [0.3, 0.4) is 0 Å². The van der Waals surface area contributed by atoms with Crippen molar-refractivity contribution >= 4 is 5.97 Å². The van der Waals surface area contributed by atoms with E-state index in [-0.39, 0.29) is 0 Å². The second-order valence-corrected chi connectivity index (χ2v) is 3.22. The average molecular weight is 195 g/mol. The summed E-state index contributed by atoms with van der Waals surface area (Å²) in [6.45, 7) is 1.91. The van der Waals surface area contributed by atoms with Gasteiger partial charge in [-0.1, -0.05) is 29.8 Å². The summed E-state index contributed by atoms with van der Waals surface area (Å²) in [5.41, 5.74) is 6.85. The third-order valence-electron chi connectivity index (χ3n) is 2.04. The lowest BCUT2D eigenvalue weighted by molar-refractivity contribution is -0.141. The molecule has 14 heavy (non-hydrogen) atoms. The smallest absolute Gasteiger partial charge is 0.323 e. The number of carboxylic acid groups (broad SMARTS) is 1. The Morgan fingerprint density at radius 1 is 1.36 bits per heavy atom. The second-order valence-electron chi connectivity index (χ2n) is 3.22. The summed E-state index contributed by atoms with van der Waals surface area (Å²) in [5, 5.41) is 18.1. The molecule has 0 saturated carbocycles. The van der Waals surface area contributed by atoms with Crippen molar-refractivity contribution in [3.8, 4) is 0 Å². The maximum absolute atomic E-state index is 10.5. The van der Waals surface area contributed by atoms with Gasteiger partial charge in [-0.3, -0.25) is 4.79 Å². The standard InChI is InChI=1S/C10H13NO3/c1-6-2-4-7(5-3-6)9(12)8(11)10(13)14/h2-5,8-9,12H,11H2,1H3,(H,13,14)/t8-,9+/m0/s1. The van der Waals surface area contributed by atoms with E-state index in [0.29, 0.717) is 5.56 Å². The third kappa shape index (κ3) is 2.31. The fourth-order valence-corrected chi connectivity index (χ4v) is 1.11. The first-order valence-electron chi connectivity index (χ1n) is 4.25. The molecule has 2 atom stereocenters. The van der Waals surface area contributed by atoms with Crippen molar-refractivity contribution in [1.29, 1.82) is 0 Å². The predicted octanol–water partition coefficient (Wildman–Crippen LogP) is 0.440. The van der Waals surface area contributed by atoms with Crippen LogP contribution in [0.25, 0.3) is 0 Å². The molecule has 0 aromatic heterocycles. The molecule has 0 aliphatic rings. The molecule has 0 heterocycles. The first-order valence-corrected chi connectivity index (χ1v) is 4.25. The normalized spacial score (nSPS) is 14.8. The lowest BCUT2D eigenvalue weighted by Gasteiger charge is -2.15. The Morgan fingerprint density at radius 2 is 1.86 bits per heavy atom. The highest BCUT2D eigenvalue weighted by molar-refractivity contribution is 5.74. The number of aryl methyl sites for hydroxylation is 1. The van der Waals surface area contributed by atoms with Crippen LogP contribution >= 0.6 is 0 Å². The molecular formula is C10H13NO3. The molecule has 4 heteroatoms. The zero-order valence-corrected chi connectivity index (χ0v) is 7.84. The zero-order chi connectivity index (χ0) is 10.7. The first kappa shape index (κ1) is 10.7. The lowest BCUT2D eigenvalue weighted by Crippen LogP contribution is -2.36. The number of benzene rings is 1. The van der Waals surface area contributed by atoms with Crippen molar-refractivity contribution in [2.45, 2.75) is 19.1 Å². The van der Waals surface area contributed by atoms with Crippen LogP contribution in [0.2, 0.25) is 0 Å². The summed E-state index contributed by atoms with van der Waals surface area (Å²) in [4.78, 5) is 10.5. The van der Waals surface area contributed by atoms with Crippen molar-refractivity contribution in [2.75, 3.05) is 0 Å². The Balaban J connectivity index is 2.84. The van der Waals surface area contributed by atoms with Crippen LogP contribution in [0.1, 0.15) is 17.2 Å². The van der Waals surface area contributed by atoms with E-state index in [2.05, 4.69) is 0 Å². The highest BCUT2D eigenvalue weighted by Crippen LogP contribution is 2.16. The van der Waals surface area contributed by atoms with Crippen LogP contribution < -0.4 is 5.73 Å². The molecule has 1 aromatic rings. The minimum absolute atomic E-state index is 0.519. The molecular weight excluding hydrogens is 182 g/mol. The van der Waals surface area contributed by atoms with Gasteiger partial charge in [-0.25, -0.2) is 0 Å². The molecule has 76 valence electrons. The monoisotopic (exact) mass is 195 g/mol. The van der Waals surface area contributed by atoms with Gasteiger partial charge in [0.25, 0.3) is 0 Å². The topological polar surface area (TPSA) is 83.5 Å². The summed E-state index contributed by atoms with van der Waals surface area (Å²) < 4.78 is 0. The summed E-state index contributed by atoms with van der Waals surface area (Å²) in [6.07, 6.45) is -1.16. The van der Waals surface area contributed by atoms with Crippen LogP contribution in [0.4, 0.5) is 0 Å². The Hall–Kier alpha value is -1.39. The van der Waals surface area contributed by atoms with E-state index in [1.165, 1.54) is 0 Å². The summed E-state index contributed by atoms with van der Waals surface area (Å²) in [7, 11) is 0. The molecule has 0 radical (unpaired) electrons. The number of hydrogen-bond donors (Lipinski definition) is 3. The molecule has 0 spiro atoms. The van der Waals surface area contributed by atoms with Crippen LogP contribution in [-0.2, 0) is 4.79 Å². The average Bonchev–Trinajstić information content (AvgIpc) is 2.16. The fraction of sp³-hybridized carbons (Fsp3) is 0.300. The summed E-state index contributed by atoms with van der Waals surface area (Å²) >= 11 is 0. The Bertz CT molecular complexity index is 321. The number of aliphatic carboxylic acids is 1. The van der Waals surface area contributed by atoms with Crippen LogP contribution in [0.15, 0.2) is 24.3 Å². The zero-order valence-electron chi connectivity index (χ0n) is 7.84. The van der Waals surface area contributed by atoms with Gasteiger partial charge in [-0.15, -0.1) is 0 Å². The molecule has 0 unspecified atom stereocenters. The number of carbonyl (C=O) groups is 1. The Morgan fingerprint density at radius 3 is 2.29 bits per heavy atom. The van der Waals surface area contributed by atoms with E-state index in [4.69, 9.17) is 10.8 Å². The van der Waals surface area contributed by atoms with Gasteiger partial charge in [-0.05, 0) is 12.5 Å². The largest absolute Gasteiger partial charge is 0.480 e. The fourth-order valence-electron chi connectivity index (χ4n) is 1.11. The van der Waals surface area contributed by atoms with Crippen LogP contribution in [-0.4, -0.2) is 22.2 Å². The lowest BCUT2D eigenvalue weighted by atomic mass is 10.0. The van der Waals surface area contributed by atoms with Crippen molar-refractivity contribution in [3.05, 3.63) is 35.4 Å². The molecule has 0 saturated heterocycles. The van der Waals surface area contributed by atoms with E-state index in [0.717, 1.165) is 5.56 Å². The van der Waals surface area contributed by atoms with Gasteiger partial charge in [0, 0.05) is 0 Å². The number of aliphatic hydroxyl groups excluding tert-OH is 1. The summed E-state index contributed by atoms with van der Waals surface area (Å²) in [5.74, 6) is -1.21. The molecule has 0 aliphatic heterocycles. The summed E-state index contributed by atoms with van der Waals surface area (Å²) in [6, 6.07) is 5.66. The maximum Gasteiger partial charge on any atom is 0.323 e. The number of rotatable bonds is 3. The third-order valence-corrected chi connectivity index (χ3v) is 2.04. The molecule has 0 amide bonds. The predicted molar refractivity (Wildman–Crippen MR) is 51.8 cm³/mol. The number of nitrogens with two attached hydrogens (primary N) is 1. The minimum Gasteiger partial charge on any atom is -0.480 e. The molecule has 0 fully saturated rings. The SMILES string of the molecule is Cc1ccc([C@@H](O)[C@H](N)C(=O)O)cc1. The number of aliphatic hydroxyl groups is 1. The van der Waals surface area contributed by atoms with Gasteiger partial charge >= 0.3 is 5.97 Å². The number of carboxylic acids is 1. The van der Waals surface area contributed by atoms with E-state index in [1.54, 1.807) is 24.3 Å². The molecule has 1 rings (SSSR count).